The number of carboxylic acids is 1. The molecule has 0 saturated heterocycles. The van der Waals surface area contributed by atoms with Gasteiger partial charge in [-0.05, 0) is 31.7 Å². The fourth-order valence-electron chi connectivity index (χ4n) is 2.31. The smallest absolute Gasteiger partial charge is 0.322 e. The third kappa shape index (κ3) is 6.46. The van der Waals surface area contributed by atoms with Gasteiger partial charge in [0.05, 0.1) is 18.2 Å². The van der Waals surface area contributed by atoms with Crippen molar-refractivity contribution in [2.24, 2.45) is 0 Å². The number of carbonyl (C=O) groups is 2. The van der Waals surface area contributed by atoms with E-state index < -0.39 is 11.9 Å². The first-order valence-corrected chi connectivity index (χ1v) is 10.8. The molecule has 12 heteroatoms. The van der Waals surface area contributed by atoms with E-state index in [1.807, 2.05) is 31.4 Å². The van der Waals surface area contributed by atoms with Gasteiger partial charge >= 0.3 is 12.0 Å². The largest absolute Gasteiger partial charge is 0.481 e. The lowest BCUT2D eigenvalue weighted by molar-refractivity contribution is -0.136. The number of amides is 1. The highest BCUT2D eigenvalue weighted by atomic mass is 32.1. The summed E-state index contributed by atoms with van der Waals surface area (Å²) in [5.41, 5.74) is 0.359. The third-order valence-corrected chi connectivity index (χ3v) is 5.24. The summed E-state index contributed by atoms with van der Waals surface area (Å²) in [6.07, 6.45) is 0.388. The van der Waals surface area contributed by atoms with Crippen molar-refractivity contribution >= 4 is 45.6 Å². The van der Waals surface area contributed by atoms with Gasteiger partial charge in [0, 0.05) is 16.8 Å². The first-order valence-electron chi connectivity index (χ1n) is 9.05. The average molecular weight is 449 g/mol. The van der Waals surface area contributed by atoms with Crippen LogP contribution >= 0.6 is 22.7 Å². The zero-order valence-corrected chi connectivity index (χ0v) is 17.9. The molecule has 0 aliphatic heterocycles. The van der Waals surface area contributed by atoms with Crippen LogP contribution in [-0.2, 0) is 17.6 Å². The second-order valence-electron chi connectivity index (χ2n) is 6.36. The number of hydrogen-bond acceptors (Lipinski definition) is 10. The molecule has 0 bridgehead atoms. The molecule has 3 rings (SSSR count). The molecule has 3 N–H and O–H groups in total. The molecule has 3 aromatic rings. The summed E-state index contributed by atoms with van der Waals surface area (Å²) in [5.74, 6) is -1.49. The Morgan fingerprint density at radius 3 is 2.73 bits per heavy atom. The lowest BCUT2D eigenvalue weighted by Gasteiger charge is -2.11. The summed E-state index contributed by atoms with van der Waals surface area (Å²) in [4.78, 5) is 41.1. The zero-order chi connectivity index (χ0) is 21.5. The van der Waals surface area contributed by atoms with Gasteiger partial charge in [0.15, 0.2) is 5.13 Å². The molecule has 158 valence electrons. The van der Waals surface area contributed by atoms with E-state index in [2.05, 4.69) is 30.6 Å². The Balaban J connectivity index is 1.71. The SMILES string of the molecule is CC(C)Oc1nc(NCCc2cccs2)nc(C(=O)Nc2nc(CC(=O)O)cs2)n1. The molecule has 0 atom stereocenters. The predicted molar refractivity (Wildman–Crippen MR) is 114 cm³/mol. The number of rotatable bonds is 10. The maximum absolute atomic E-state index is 12.6. The van der Waals surface area contributed by atoms with Crippen LogP contribution < -0.4 is 15.4 Å². The van der Waals surface area contributed by atoms with Crippen molar-refractivity contribution in [1.29, 1.82) is 0 Å². The fourth-order valence-corrected chi connectivity index (χ4v) is 3.72. The Morgan fingerprint density at radius 2 is 2.03 bits per heavy atom. The zero-order valence-electron chi connectivity index (χ0n) is 16.3. The summed E-state index contributed by atoms with van der Waals surface area (Å²) in [6.45, 7) is 4.23. The topological polar surface area (TPSA) is 139 Å². The van der Waals surface area contributed by atoms with Crippen LogP contribution in [0.5, 0.6) is 6.01 Å². The number of thiazole rings is 1. The van der Waals surface area contributed by atoms with Gasteiger partial charge in [-0.25, -0.2) is 4.98 Å². The number of nitrogens with zero attached hydrogens (tertiary/aromatic N) is 4. The highest BCUT2D eigenvalue weighted by Crippen LogP contribution is 2.17. The highest BCUT2D eigenvalue weighted by molar-refractivity contribution is 7.14. The average Bonchev–Trinajstić information content (AvgIpc) is 3.33. The number of anilines is 2. The molecule has 1 amide bonds. The van der Waals surface area contributed by atoms with Crippen molar-refractivity contribution in [3.8, 4) is 6.01 Å². The molecule has 0 unspecified atom stereocenters. The minimum Gasteiger partial charge on any atom is -0.481 e. The molecule has 3 heterocycles. The molecule has 0 saturated carbocycles. The van der Waals surface area contributed by atoms with E-state index in [1.165, 1.54) is 4.88 Å². The van der Waals surface area contributed by atoms with Gasteiger partial charge in [0.25, 0.3) is 5.91 Å². The Labute approximate surface area is 180 Å². The lowest BCUT2D eigenvalue weighted by atomic mass is 10.3. The number of aromatic nitrogens is 4. The molecule has 0 radical (unpaired) electrons. The first-order chi connectivity index (χ1) is 14.4. The summed E-state index contributed by atoms with van der Waals surface area (Å²) in [7, 11) is 0. The van der Waals surface area contributed by atoms with Crippen molar-refractivity contribution in [3.63, 3.8) is 0 Å². The highest BCUT2D eigenvalue weighted by Gasteiger charge is 2.17. The molecule has 0 fully saturated rings. The van der Waals surface area contributed by atoms with Crippen LogP contribution in [0.2, 0.25) is 0 Å². The van der Waals surface area contributed by atoms with Crippen LogP contribution in [-0.4, -0.2) is 49.6 Å². The van der Waals surface area contributed by atoms with E-state index in [0.29, 0.717) is 12.2 Å². The van der Waals surface area contributed by atoms with Crippen molar-refractivity contribution < 1.29 is 19.4 Å². The Kier molecular flexibility index (Phi) is 7.25. The summed E-state index contributed by atoms with van der Waals surface area (Å²) in [6, 6.07) is 4.06. The van der Waals surface area contributed by atoms with Gasteiger partial charge in [-0.3, -0.25) is 14.9 Å². The van der Waals surface area contributed by atoms with Crippen LogP contribution in [0.15, 0.2) is 22.9 Å². The number of carbonyl (C=O) groups excluding carboxylic acids is 1. The molecule has 0 spiro atoms. The van der Waals surface area contributed by atoms with E-state index in [1.54, 1.807) is 16.7 Å². The quantitative estimate of drug-likeness (QED) is 0.427. The maximum atomic E-state index is 12.6. The summed E-state index contributed by atoms with van der Waals surface area (Å²) >= 11 is 2.78. The van der Waals surface area contributed by atoms with Gasteiger partial charge in [-0.1, -0.05) is 6.07 Å². The lowest BCUT2D eigenvalue weighted by Crippen LogP contribution is -2.20. The normalized spacial score (nSPS) is 10.8. The maximum Gasteiger partial charge on any atom is 0.322 e. The first kappa shape index (κ1) is 21.6. The molecule has 0 aliphatic carbocycles. The molecule has 10 nitrogen and oxygen atoms in total. The number of carboxylic acid groups (broad SMARTS) is 1. The number of aliphatic carboxylic acids is 1. The van der Waals surface area contributed by atoms with Gasteiger partial charge < -0.3 is 15.2 Å². The minimum atomic E-state index is -0.996. The van der Waals surface area contributed by atoms with Crippen molar-refractivity contribution in [3.05, 3.63) is 39.3 Å². The number of nitrogens with one attached hydrogen (secondary N) is 2. The van der Waals surface area contributed by atoms with E-state index in [4.69, 9.17) is 9.84 Å². The predicted octanol–water partition coefficient (Wildman–Crippen LogP) is 2.71. The van der Waals surface area contributed by atoms with E-state index in [0.717, 1.165) is 17.8 Å². The number of thiophene rings is 1. The molecule has 0 aromatic carbocycles. The summed E-state index contributed by atoms with van der Waals surface area (Å²) < 4.78 is 5.54. The number of ether oxygens (including phenoxy) is 1. The van der Waals surface area contributed by atoms with Crippen LogP contribution in [0.3, 0.4) is 0 Å². The van der Waals surface area contributed by atoms with Crippen LogP contribution in [0.4, 0.5) is 11.1 Å². The van der Waals surface area contributed by atoms with Crippen LogP contribution in [0, 0.1) is 0 Å². The van der Waals surface area contributed by atoms with E-state index >= 15 is 0 Å². The van der Waals surface area contributed by atoms with Crippen molar-refractivity contribution in [2.75, 3.05) is 17.2 Å². The second-order valence-corrected chi connectivity index (χ2v) is 8.25. The standard InChI is InChI=1S/C18H20N6O4S2/c1-10(2)28-17-22-14(15(27)23-18-20-11(9-30-18)8-13(25)26)21-16(24-17)19-6-5-12-4-3-7-29-12/h3-4,7,9-10H,5-6,8H2,1-2H3,(H,25,26)(H,20,23,27)(H,19,21,22,24). The van der Waals surface area contributed by atoms with Crippen molar-refractivity contribution in [2.45, 2.75) is 32.8 Å². The van der Waals surface area contributed by atoms with Gasteiger partial charge in [0.2, 0.25) is 11.8 Å². The summed E-state index contributed by atoms with van der Waals surface area (Å²) in [5, 5.41) is 18.3. The monoisotopic (exact) mass is 448 g/mol. The molecular weight excluding hydrogens is 428 g/mol. The van der Waals surface area contributed by atoms with E-state index in [9.17, 15) is 9.59 Å². The van der Waals surface area contributed by atoms with Gasteiger partial charge in [0.1, 0.15) is 0 Å². The third-order valence-electron chi connectivity index (χ3n) is 3.50. The van der Waals surface area contributed by atoms with Crippen molar-refractivity contribution in [1.82, 2.24) is 19.9 Å². The number of hydrogen-bond donors (Lipinski definition) is 3. The Bertz CT molecular complexity index is 1010. The van der Waals surface area contributed by atoms with Gasteiger partial charge in [-0.15, -0.1) is 22.7 Å². The molecule has 30 heavy (non-hydrogen) atoms. The molecule has 3 aromatic heterocycles. The van der Waals surface area contributed by atoms with Gasteiger partial charge in [-0.2, -0.15) is 15.0 Å². The Hall–Kier alpha value is -3.12. The van der Waals surface area contributed by atoms with E-state index in [-0.39, 0.29) is 35.4 Å². The fraction of sp³-hybridized carbons (Fsp3) is 0.333. The minimum absolute atomic E-state index is 0.0366. The van der Waals surface area contributed by atoms with Crippen LogP contribution in [0.25, 0.3) is 0 Å². The van der Waals surface area contributed by atoms with Crippen LogP contribution in [0.1, 0.15) is 35.0 Å². The molecular formula is C18H20N6O4S2. The second kappa shape index (κ2) is 10.1. The molecule has 0 aliphatic rings. The Morgan fingerprint density at radius 1 is 1.20 bits per heavy atom.